The number of benzene rings is 4. The quantitative estimate of drug-likeness (QED) is 0.315. The average molecular weight is 381 g/mol. The van der Waals surface area contributed by atoms with Crippen LogP contribution >= 0.6 is 11.6 Å². The fourth-order valence-corrected chi connectivity index (χ4v) is 3.67. The maximum atomic E-state index is 14.9. The van der Waals surface area contributed by atoms with Crippen LogP contribution in [0, 0.1) is 11.6 Å². The highest BCUT2D eigenvalue weighted by Gasteiger charge is 2.11. The Hall–Kier alpha value is -2.45. The average Bonchev–Trinajstić information content (AvgIpc) is 2.68. The molecule has 0 saturated carbocycles. The van der Waals surface area contributed by atoms with E-state index in [-0.39, 0.29) is 10.8 Å². The van der Waals surface area contributed by atoms with Crippen LogP contribution in [0.3, 0.4) is 0 Å². The van der Waals surface area contributed by atoms with Crippen molar-refractivity contribution in [2.24, 2.45) is 0 Å². The maximum Gasteiger partial charge on any atom is 0.142 e. The van der Waals surface area contributed by atoms with Gasteiger partial charge in [-0.05, 0) is 69.8 Å². The fourth-order valence-electron chi connectivity index (χ4n) is 3.56. The summed E-state index contributed by atoms with van der Waals surface area (Å²) < 4.78 is 28.6. The van der Waals surface area contributed by atoms with Crippen molar-refractivity contribution in [1.29, 1.82) is 0 Å². The van der Waals surface area contributed by atoms with Crippen LogP contribution in [0.4, 0.5) is 8.78 Å². The first-order chi connectivity index (χ1) is 13.1. The minimum atomic E-state index is -0.549. The largest absolute Gasteiger partial charge is 0.206 e. The van der Waals surface area contributed by atoms with E-state index in [1.54, 1.807) is 18.2 Å². The van der Waals surface area contributed by atoms with Gasteiger partial charge in [0.2, 0.25) is 0 Å². The summed E-state index contributed by atoms with van der Waals surface area (Å²) >= 11 is 5.74. The Morgan fingerprint density at radius 3 is 2.30 bits per heavy atom. The standard InChI is InChI=1S/C24H19ClF2/c1-2-3-4-15-5-9-19-16(11-15)6-7-17-12-21(23(26)14-20(17)19)18-8-10-22(25)24(27)13-18/h5-14H,2-4H2,1H3. The van der Waals surface area contributed by atoms with Gasteiger partial charge in [-0.25, -0.2) is 8.78 Å². The number of hydrogen-bond donors (Lipinski definition) is 0. The molecule has 136 valence electrons. The molecule has 0 aliphatic rings. The molecule has 0 heterocycles. The Bertz CT molecular complexity index is 1150. The van der Waals surface area contributed by atoms with E-state index >= 15 is 0 Å². The van der Waals surface area contributed by atoms with Gasteiger partial charge in [0.15, 0.2) is 0 Å². The van der Waals surface area contributed by atoms with Crippen molar-refractivity contribution in [3.8, 4) is 11.1 Å². The number of hydrogen-bond acceptors (Lipinski definition) is 0. The third kappa shape index (κ3) is 3.42. The van der Waals surface area contributed by atoms with Crippen molar-refractivity contribution < 1.29 is 8.78 Å². The first-order valence-corrected chi connectivity index (χ1v) is 9.55. The second kappa shape index (κ2) is 7.28. The van der Waals surface area contributed by atoms with Crippen LogP contribution < -0.4 is 0 Å². The van der Waals surface area contributed by atoms with E-state index in [0.29, 0.717) is 11.1 Å². The van der Waals surface area contributed by atoms with Crippen LogP contribution in [0.5, 0.6) is 0 Å². The number of halogens is 3. The Labute approximate surface area is 162 Å². The molecule has 0 aliphatic carbocycles. The lowest BCUT2D eigenvalue weighted by molar-refractivity contribution is 0.625. The molecule has 0 atom stereocenters. The van der Waals surface area contributed by atoms with Gasteiger partial charge < -0.3 is 0 Å². The summed E-state index contributed by atoms with van der Waals surface area (Å²) in [6, 6.07) is 18.1. The SMILES string of the molecule is CCCCc1ccc2c(ccc3cc(-c4ccc(Cl)c(F)c4)c(F)cc32)c1. The van der Waals surface area contributed by atoms with Crippen LogP contribution in [0.2, 0.25) is 5.02 Å². The summed E-state index contributed by atoms with van der Waals surface area (Å²) in [7, 11) is 0. The van der Waals surface area contributed by atoms with E-state index in [1.807, 2.05) is 6.07 Å². The van der Waals surface area contributed by atoms with E-state index in [9.17, 15) is 8.78 Å². The smallest absolute Gasteiger partial charge is 0.142 e. The Morgan fingerprint density at radius 1 is 0.778 bits per heavy atom. The summed E-state index contributed by atoms with van der Waals surface area (Å²) in [4.78, 5) is 0. The summed E-state index contributed by atoms with van der Waals surface area (Å²) in [5.41, 5.74) is 2.15. The van der Waals surface area contributed by atoms with Crippen molar-refractivity contribution in [1.82, 2.24) is 0 Å². The molecule has 4 rings (SSSR count). The van der Waals surface area contributed by atoms with Crippen molar-refractivity contribution in [2.75, 3.05) is 0 Å². The zero-order valence-electron chi connectivity index (χ0n) is 15.0. The zero-order chi connectivity index (χ0) is 19.0. The molecule has 0 aliphatic heterocycles. The molecule has 0 saturated heterocycles. The highest BCUT2D eigenvalue weighted by atomic mass is 35.5. The second-order valence-electron chi connectivity index (χ2n) is 6.91. The van der Waals surface area contributed by atoms with Gasteiger partial charge in [-0.1, -0.05) is 61.3 Å². The molecule has 0 radical (unpaired) electrons. The predicted molar refractivity (Wildman–Crippen MR) is 110 cm³/mol. The fraction of sp³-hybridized carbons (Fsp3) is 0.167. The van der Waals surface area contributed by atoms with E-state index < -0.39 is 5.82 Å². The molecule has 0 nitrogen and oxygen atoms in total. The number of rotatable bonds is 4. The highest BCUT2D eigenvalue weighted by Crippen LogP contribution is 2.33. The molecule has 27 heavy (non-hydrogen) atoms. The Kier molecular flexibility index (Phi) is 4.84. The Morgan fingerprint density at radius 2 is 1.56 bits per heavy atom. The van der Waals surface area contributed by atoms with Gasteiger partial charge in [0.1, 0.15) is 11.6 Å². The second-order valence-corrected chi connectivity index (χ2v) is 7.31. The van der Waals surface area contributed by atoms with Crippen LogP contribution in [0.25, 0.3) is 32.7 Å². The van der Waals surface area contributed by atoms with Crippen molar-refractivity contribution in [3.05, 3.63) is 82.9 Å². The van der Waals surface area contributed by atoms with Crippen molar-refractivity contribution in [2.45, 2.75) is 26.2 Å². The summed E-state index contributed by atoms with van der Waals surface area (Å²) in [5.74, 6) is -0.918. The first kappa shape index (κ1) is 17.9. The topological polar surface area (TPSA) is 0 Å². The molecule has 4 aromatic rings. The molecule has 0 N–H and O–H groups in total. The number of aryl methyl sites for hydroxylation is 1. The first-order valence-electron chi connectivity index (χ1n) is 9.17. The molecule has 0 bridgehead atoms. The van der Waals surface area contributed by atoms with Crippen LogP contribution in [0.15, 0.2) is 60.7 Å². The Balaban J connectivity index is 1.85. The summed E-state index contributed by atoms with van der Waals surface area (Å²) in [5, 5.41) is 3.96. The van der Waals surface area contributed by atoms with Gasteiger partial charge in [-0.15, -0.1) is 0 Å². The molecule has 4 aromatic carbocycles. The molecular weight excluding hydrogens is 362 g/mol. The minimum absolute atomic E-state index is 0.0322. The highest BCUT2D eigenvalue weighted by molar-refractivity contribution is 6.30. The summed E-state index contributed by atoms with van der Waals surface area (Å²) in [6.07, 6.45) is 3.38. The monoisotopic (exact) mass is 380 g/mol. The molecule has 0 spiro atoms. The maximum absolute atomic E-state index is 14.9. The molecule has 0 aromatic heterocycles. The number of unbranched alkanes of at least 4 members (excludes halogenated alkanes) is 1. The third-order valence-corrected chi connectivity index (χ3v) is 5.34. The summed E-state index contributed by atoms with van der Waals surface area (Å²) in [6.45, 7) is 2.18. The lowest BCUT2D eigenvalue weighted by Crippen LogP contribution is -1.89. The van der Waals surface area contributed by atoms with Gasteiger partial charge in [0.25, 0.3) is 0 Å². The van der Waals surface area contributed by atoms with Crippen LogP contribution in [0.1, 0.15) is 25.3 Å². The van der Waals surface area contributed by atoms with E-state index in [1.165, 1.54) is 17.7 Å². The zero-order valence-corrected chi connectivity index (χ0v) is 15.8. The van der Waals surface area contributed by atoms with Gasteiger partial charge in [-0.2, -0.15) is 0 Å². The normalized spacial score (nSPS) is 11.4. The van der Waals surface area contributed by atoms with Crippen molar-refractivity contribution in [3.63, 3.8) is 0 Å². The molecular formula is C24H19ClF2. The van der Waals surface area contributed by atoms with Gasteiger partial charge in [-0.3, -0.25) is 0 Å². The molecule has 0 unspecified atom stereocenters. The molecule has 0 fully saturated rings. The lowest BCUT2D eigenvalue weighted by atomic mass is 9.95. The predicted octanol–water partition coefficient (Wildman–Crippen LogP) is 7.93. The number of fused-ring (bicyclic) bond motifs is 3. The van der Waals surface area contributed by atoms with E-state index in [0.717, 1.165) is 40.8 Å². The lowest BCUT2D eigenvalue weighted by Gasteiger charge is -2.10. The van der Waals surface area contributed by atoms with Crippen LogP contribution in [-0.4, -0.2) is 0 Å². The molecule has 3 heteroatoms. The van der Waals surface area contributed by atoms with Gasteiger partial charge in [0.05, 0.1) is 5.02 Å². The minimum Gasteiger partial charge on any atom is -0.206 e. The van der Waals surface area contributed by atoms with Crippen molar-refractivity contribution >= 4 is 33.1 Å². The van der Waals surface area contributed by atoms with Gasteiger partial charge in [0, 0.05) is 5.56 Å². The third-order valence-electron chi connectivity index (χ3n) is 5.04. The van der Waals surface area contributed by atoms with Gasteiger partial charge >= 0.3 is 0 Å². The van der Waals surface area contributed by atoms with E-state index in [2.05, 4.69) is 31.2 Å². The molecule has 0 amide bonds. The van der Waals surface area contributed by atoms with E-state index in [4.69, 9.17) is 11.6 Å². The van der Waals surface area contributed by atoms with Crippen LogP contribution in [-0.2, 0) is 6.42 Å².